The summed E-state index contributed by atoms with van der Waals surface area (Å²) in [5, 5.41) is 0. The van der Waals surface area contributed by atoms with E-state index in [1.807, 2.05) is 55.1 Å². The largest absolute Gasteiger partial charge is 0.492 e. The third-order valence-electron chi connectivity index (χ3n) is 4.35. The summed E-state index contributed by atoms with van der Waals surface area (Å²) in [6.45, 7) is 8.49. The lowest BCUT2D eigenvalue weighted by atomic mass is 10.2. The second-order valence-corrected chi connectivity index (χ2v) is 6.12. The van der Waals surface area contributed by atoms with Gasteiger partial charge in [0.15, 0.2) is 0 Å². The smallest absolute Gasteiger partial charge is 0.257 e. The van der Waals surface area contributed by atoms with Crippen LogP contribution in [0.2, 0.25) is 0 Å². The molecule has 1 saturated heterocycles. The van der Waals surface area contributed by atoms with Crippen molar-refractivity contribution in [2.75, 3.05) is 39.3 Å². The summed E-state index contributed by atoms with van der Waals surface area (Å²) in [6.07, 6.45) is 0. The molecule has 24 heavy (non-hydrogen) atoms. The maximum atomic E-state index is 12.6. The van der Waals surface area contributed by atoms with Gasteiger partial charge < -0.3 is 14.1 Å². The average molecular weight is 328 g/mol. The van der Waals surface area contributed by atoms with E-state index in [0.29, 0.717) is 17.9 Å². The van der Waals surface area contributed by atoms with Crippen LogP contribution in [0.4, 0.5) is 0 Å². The van der Waals surface area contributed by atoms with Crippen molar-refractivity contribution in [2.24, 2.45) is 0 Å². The van der Waals surface area contributed by atoms with Crippen LogP contribution >= 0.6 is 0 Å². The molecule has 2 aromatic rings. The van der Waals surface area contributed by atoms with E-state index in [1.165, 1.54) is 0 Å². The number of para-hydroxylation sites is 1. The molecule has 0 aliphatic carbocycles. The van der Waals surface area contributed by atoms with Crippen molar-refractivity contribution < 1.29 is 13.9 Å². The Labute approximate surface area is 142 Å². The van der Waals surface area contributed by atoms with Gasteiger partial charge in [-0.2, -0.15) is 0 Å². The molecule has 5 nitrogen and oxygen atoms in total. The van der Waals surface area contributed by atoms with Gasteiger partial charge in [-0.1, -0.05) is 18.2 Å². The first-order chi connectivity index (χ1) is 11.6. The molecular formula is C19H24N2O3. The topological polar surface area (TPSA) is 45.9 Å². The molecule has 128 valence electrons. The van der Waals surface area contributed by atoms with Crippen LogP contribution in [0.25, 0.3) is 0 Å². The van der Waals surface area contributed by atoms with Gasteiger partial charge in [-0.25, -0.2) is 0 Å². The maximum absolute atomic E-state index is 12.6. The molecule has 0 N–H and O–H groups in total. The first kappa shape index (κ1) is 16.6. The molecule has 0 unspecified atom stereocenters. The lowest BCUT2D eigenvalue weighted by Crippen LogP contribution is -2.49. The van der Waals surface area contributed by atoms with Gasteiger partial charge >= 0.3 is 0 Å². The van der Waals surface area contributed by atoms with Crippen molar-refractivity contribution in [3.05, 3.63) is 53.5 Å². The molecule has 0 radical (unpaired) electrons. The molecule has 0 saturated carbocycles. The van der Waals surface area contributed by atoms with Gasteiger partial charge in [0.1, 0.15) is 23.9 Å². The van der Waals surface area contributed by atoms with Crippen LogP contribution in [0.1, 0.15) is 21.9 Å². The van der Waals surface area contributed by atoms with Crippen LogP contribution in [0.3, 0.4) is 0 Å². The molecule has 0 spiro atoms. The number of rotatable bonds is 5. The minimum atomic E-state index is 0.0736. The van der Waals surface area contributed by atoms with E-state index in [0.717, 1.165) is 44.2 Å². The van der Waals surface area contributed by atoms with E-state index in [2.05, 4.69) is 4.90 Å². The van der Waals surface area contributed by atoms with Crippen molar-refractivity contribution >= 4 is 5.91 Å². The summed E-state index contributed by atoms with van der Waals surface area (Å²) in [5.41, 5.74) is 0.688. The summed E-state index contributed by atoms with van der Waals surface area (Å²) in [6, 6.07) is 11.7. The average Bonchev–Trinajstić information content (AvgIpc) is 2.94. The van der Waals surface area contributed by atoms with Crippen molar-refractivity contribution in [2.45, 2.75) is 13.8 Å². The number of carbonyl (C=O) groups is 1. The lowest BCUT2D eigenvalue weighted by molar-refractivity contribution is 0.0618. The predicted octanol–water partition coefficient (Wildman–Crippen LogP) is 2.73. The van der Waals surface area contributed by atoms with Crippen LogP contribution in [0, 0.1) is 13.8 Å². The zero-order valence-corrected chi connectivity index (χ0v) is 14.3. The molecule has 1 aromatic carbocycles. The van der Waals surface area contributed by atoms with E-state index >= 15 is 0 Å². The molecule has 1 aromatic heterocycles. The third kappa shape index (κ3) is 3.97. The SMILES string of the molecule is Cc1cc(C(=O)N2CCN(CCOc3ccccc3)CC2)c(C)o1. The van der Waals surface area contributed by atoms with Gasteiger partial charge in [-0.15, -0.1) is 0 Å². The Morgan fingerprint density at radius 2 is 1.83 bits per heavy atom. The fraction of sp³-hybridized carbons (Fsp3) is 0.421. The van der Waals surface area contributed by atoms with Gasteiger partial charge in [0.05, 0.1) is 5.56 Å². The summed E-state index contributed by atoms with van der Waals surface area (Å²) in [5.74, 6) is 2.46. The molecule has 0 bridgehead atoms. The molecule has 1 fully saturated rings. The van der Waals surface area contributed by atoms with Gasteiger partial charge in [0.2, 0.25) is 0 Å². The highest BCUT2D eigenvalue weighted by Crippen LogP contribution is 2.17. The van der Waals surface area contributed by atoms with Crippen LogP contribution in [0.5, 0.6) is 5.75 Å². The molecular weight excluding hydrogens is 304 g/mol. The highest BCUT2D eigenvalue weighted by atomic mass is 16.5. The van der Waals surface area contributed by atoms with Crippen LogP contribution in [-0.4, -0.2) is 55.0 Å². The third-order valence-corrected chi connectivity index (χ3v) is 4.35. The van der Waals surface area contributed by atoms with Crippen LogP contribution < -0.4 is 4.74 Å². The molecule has 1 aliphatic heterocycles. The first-order valence-electron chi connectivity index (χ1n) is 8.40. The summed E-state index contributed by atoms with van der Waals surface area (Å²) < 4.78 is 11.2. The number of furan rings is 1. The van der Waals surface area contributed by atoms with Gasteiger partial charge in [-0.3, -0.25) is 9.69 Å². The Morgan fingerprint density at radius 1 is 1.12 bits per heavy atom. The Hall–Kier alpha value is -2.27. The fourth-order valence-corrected chi connectivity index (χ4v) is 3.00. The van der Waals surface area contributed by atoms with E-state index in [9.17, 15) is 4.79 Å². The highest BCUT2D eigenvalue weighted by molar-refractivity contribution is 5.95. The number of benzene rings is 1. The number of nitrogens with zero attached hydrogens (tertiary/aromatic N) is 2. The van der Waals surface area contributed by atoms with E-state index in [1.54, 1.807) is 0 Å². The molecule has 5 heteroatoms. The van der Waals surface area contributed by atoms with Crippen LogP contribution in [-0.2, 0) is 0 Å². The Morgan fingerprint density at radius 3 is 2.46 bits per heavy atom. The zero-order valence-electron chi connectivity index (χ0n) is 14.3. The first-order valence-corrected chi connectivity index (χ1v) is 8.40. The molecule has 2 heterocycles. The Kier molecular flexibility index (Phi) is 5.20. The molecule has 1 aliphatic rings. The predicted molar refractivity (Wildman–Crippen MR) is 92.5 cm³/mol. The van der Waals surface area contributed by atoms with Crippen molar-refractivity contribution in [1.29, 1.82) is 0 Å². The van der Waals surface area contributed by atoms with Crippen LogP contribution in [0.15, 0.2) is 40.8 Å². The number of hydrogen-bond donors (Lipinski definition) is 0. The zero-order chi connectivity index (χ0) is 16.9. The number of hydrogen-bond acceptors (Lipinski definition) is 4. The van der Waals surface area contributed by atoms with Gasteiger partial charge in [-0.05, 0) is 32.0 Å². The van der Waals surface area contributed by atoms with E-state index < -0.39 is 0 Å². The van der Waals surface area contributed by atoms with Gasteiger partial charge in [0.25, 0.3) is 5.91 Å². The molecule has 1 amide bonds. The number of piperazine rings is 1. The molecule has 3 rings (SSSR count). The quantitative estimate of drug-likeness (QED) is 0.847. The number of ether oxygens (including phenoxy) is 1. The number of amides is 1. The number of aryl methyl sites for hydroxylation is 2. The second kappa shape index (κ2) is 7.53. The Balaban J connectivity index is 1.44. The van der Waals surface area contributed by atoms with Crippen molar-refractivity contribution in [3.63, 3.8) is 0 Å². The second-order valence-electron chi connectivity index (χ2n) is 6.12. The van der Waals surface area contributed by atoms with Gasteiger partial charge in [0, 0.05) is 32.7 Å². The van der Waals surface area contributed by atoms with Crippen molar-refractivity contribution in [3.8, 4) is 5.75 Å². The minimum Gasteiger partial charge on any atom is -0.492 e. The highest BCUT2D eigenvalue weighted by Gasteiger charge is 2.24. The van der Waals surface area contributed by atoms with E-state index in [4.69, 9.17) is 9.15 Å². The summed E-state index contributed by atoms with van der Waals surface area (Å²) >= 11 is 0. The molecule has 0 atom stereocenters. The standard InChI is InChI=1S/C19H24N2O3/c1-15-14-18(16(2)24-15)19(22)21-10-8-20(9-11-21)12-13-23-17-6-4-3-5-7-17/h3-7,14H,8-13H2,1-2H3. The Bertz CT molecular complexity index is 673. The lowest BCUT2D eigenvalue weighted by Gasteiger charge is -2.34. The fourth-order valence-electron chi connectivity index (χ4n) is 3.00. The monoisotopic (exact) mass is 328 g/mol. The van der Waals surface area contributed by atoms with Crippen molar-refractivity contribution in [1.82, 2.24) is 9.80 Å². The minimum absolute atomic E-state index is 0.0736. The van der Waals surface area contributed by atoms with E-state index in [-0.39, 0.29) is 5.91 Å². The maximum Gasteiger partial charge on any atom is 0.257 e. The summed E-state index contributed by atoms with van der Waals surface area (Å²) in [4.78, 5) is 16.8. The number of carbonyl (C=O) groups excluding carboxylic acids is 1. The summed E-state index contributed by atoms with van der Waals surface area (Å²) in [7, 11) is 0. The normalized spacial score (nSPS) is 15.5.